The molecule has 2 aromatic rings. The average Bonchev–Trinajstić information content (AvgIpc) is 2.79. The average molecular weight is 335 g/mol. The Bertz CT molecular complexity index is 763. The van der Waals surface area contributed by atoms with Gasteiger partial charge in [-0.3, -0.25) is 0 Å². The molecule has 114 valence electrons. The van der Waals surface area contributed by atoms with Gasteiger partial charge in [-0.15, -0.1) is 0 Å². The van der Waals surface area contributed by atoms with Crippen LogP contribution in [0.4, 0.5) is 10.1 Å². The molecule has 1 aromatic carbocycles. The third-order valence-electron chi connectivity index (χ3n) is 2.54. The zero-order valence-corrected chi connectivity index (χ0v) is 12.5. The van der Waals surface area contributed by atoms with Crippen LogP contribution in [0.1, 0.15) is 11.7 Å². The van der Waals surface area contributed by atoms with Crippen molar-refractivity contribution in [3.8, 4) is 0 Å². The Hall–Kier alpha value is -1.71. The summed E-state index contributed by atoms with van der Waals surface area (Å²) < 4.78 is 44.5. The van der Waals surface area contributed by atoms with E-state index in [0.29, 0.717) is 11.7 Å². The standard InChI is InChI=1S/C11H12ClFN4O3S/c1-6-16-11(20-17-6)2-3-15-21(18,19)10-5-9(14)8(13)4-7(10)12/h4-5,15H,2-3,14H2,1H3. The molecule has 0 spiro atoms. The van der Waals surface area contributed by atoms with E-state index in [1.807, 2.05) is 0 Å². The number of benzene rings is 1. The van der Waals surface area contributed by atoms with Crippen molar-refractivity contribution in [2.45, 2.75) is 18.2 Å². The van der Waals surface area contributed by atoms with Crippen LogP contribution in [0.3, 0.4) is 0 Å². The van der Waals surface area contributed by atoms with Crippen LogP contribution < -0.4 is 10.5 Å². The zero-order valence-electron chi connectivity index (χ0n) is 10.9. The molecular formula is C11H12ClFN4O3S. The third kappa shape index (κ3) is 3.69. The van der Waals surface area contributed by atoms with E-state index in [-0.39, 0.29) is 28.6 Å². The van der Waals surface area contributed by atoms with Gasteiger partial charge in [0.05, 0.1) is 10.7 Å². The van der Waals surface area contributed by atoms with Crippen LogP contribution in [0.25, 0.3) is 0 Å². The molecule has 0 saturated heterocycles. The molecule has 1 heterocycles. The van der Waals surface area contributed by atoms with E-state index < -0.39 is 15.8 Å². The van der Waals surface area contributed by atoms with Crippen molar-refractivity contribution in [3.63, 3.8) is 0 Å². The first kappa shape index (κ1) is 15.7. The van der Waals surface area contributed by atoms with Crippen LogP contribution >= 0.6 is 11.6 Å². The van der Waals surface area contributed by atoms with Crippen LogP contribution in [-0.2, 0) is 16.4 Å². The highest BCUT2D eigenvalue weighted by Crippen LogP contribution is 2.26. The van der Waals surface area contributed by atoms with Gasteiger partial charge in [0.2, 0.25) is 15.9 Å². The van der Waals surface area contributed by atoms with Gasteiger partial charge in [0.25, 0.3) is 0 Å². The molecule has 0 radical (unpaired) electrons. The number of aryl methyl sites for hydroxylation is 1. The van der Waals surface area contributed by atoms with E-state index in [2.05, 4.69) is 14.9 Å². The Balaban J connectivity index is 2.10. The van der Waals surface area contributed by atoms with Gasteiger partial charge in [0, 0.05) is 13.0 Å². The molecule has 21 heavy (non-hydrogen) atoms. The molecule has 0 aliphatic rings. The van der Waals surface area contributed by atoms with Crippen molar-refractivity contribution in [2.24, 2.45) is 0 Å². The number of nitrogen functional groups attached to an aromatic ring is 1. The number of nitrogens with two attached hydrogens (primary N) is 1. The van der Waals surface area contributed by atoms with Crippen molar-refractivity contribution in [1.29, 1.82) is 0 Å². The number of halogens is 2. The number of rotatable bonds is 5. The van der Waals surface area contributed by atoms with Crippen LogP contribution in [-0.4, -0.2) is 25.1 Å². The molecule has 3 N–H and O–H groups in total. The number of aromatic nitrogens is 2. The lowest BCUT2D eigenvalue weighted by Gasteiger charge is -2.08. The normalized spacial score (nSPS) is 11.8. The van der Waals surface area contributed by atoms with Gasteiger partial charge >= 0.3 is 0 Å². The Morgan fingerprint density at radius 2 is 2.19 bits per heavy atom. The van der Waals surface area contributed by atoms with Crippen molar-refractivity contribution < 1.29 is 17.3 Å². The molecule has 10 heteroatoms. The highest BCUT2D eigenvalue weighted by Gasteiger charge is 2.20. The van der Waals surface area contributed by atoms with Gasteiger partial charge in [-0.05, 0) is 19.1 Å². The number of sulfonamides is 1. The Morgan fingerprint density at radius 1 is 1.48 bits per heavy atom. The van der Waals surface area contributed by atoms with E-state index in [0.717, 1.165) is 12.1 Å². The molecule has 0 aliphatic carbocycles. The molecule has 7 nitrogen and oxygen atoms in total. The van der Waals surface area contributed by atoms with Crippen LogP contribution in [0.2, 0.25) is 5.02 Å². The maximum absolute atomic E-state index is 13.2. The first-order chi connectivity index (χ1) is 9.79. The lowest BCUT2D eigenvalue weighted by molar-refractivity contribution is 0.375. The summed E-state index contributed by atoms with van der Waals surface area (Å²) in [4.78, 5) is 3.65. The Labute approximate surface area is 125 Å². The highest BCUT2D eigenvalue weighted by molar-refractivity contribution is 7.89. The van der Waals surface area contributed by atoms with Gasteiger partial charge in [0.15, 0.2) is 5.82 Å². The second-order valence-corrected chi connectivity index (χ2v) is 6.33. The molecule has 0 unspecified atom stereocenters. The Kier molecular flexibility index (Phi) is 4.45. The summed E-state index contributed by atoms with van der Waals surface area (Å²) in [5.74, 6) is -0.0117. The van der Waals surface area contributed by atoms with Crippen molar-refractivity contribution >= 4 is 27.3 Å². The lowest BCUT2D eigenvalue weighted by Crippen LogP contribution is -2.26. The van der Waals surface area contributed by atoms with Gasteiger partial charge in [-0.25, -0.2) is 17.5 Å². The van der Waals surface area contributed by atoms with Crippen molar-refractivity contribution in [1.82, 2.24) is 14.9 Å². The topological polar surface area (TPSA) is 111 Å². The number of anilines is 1. The van der Waals surface area contributed by atoms with Crippen LogP contribution in [0.15, 0.2) is 21.6 Å². The predicted octanol–water partition coefficient (Wildman–Crippen LogP) is 1.27. The summed E-state index contributed by atoms with van der Waals surface area (Å²) in [6, 6.07) is 1.82. The second kappa shape index (κ2) is 5.96. The summed E-state index contributed by atoms with van der Waals surface area (Å²) >= 11 is 5.73. The van der Waals surface area contributed by atoms with Gasteiger partial charge in [-0.2, -0.15) is 4.98 Å². The summed E-state index contributed by atoms with van der Waals surface area (Å²) in [6.45, 7) is 1.68. The third-order valence-corrected chi connectivity index (χ3v) is 4.47. The van der Waals surface area contributed by atoms with Crippen molar-refractivity contribution in [3.05, 3.63) is 34.7 Å². The molecule has 0 fully saturated rings. The molecule has 0 amide bonds. The number of hydrogen-bond donors (Lipinski definition) is 2. The van der Waals surface area contributed by atoms with Crippen molar-refractivity contribution in [2.75, 3.05) is 12.3 Å². The maximum Gasteiger partial charge on any atom is 0.242 e. The summed E-state index contributed by atoms with van der Waals surface area (Å²) in [5.41, 5.74) is 5.05. The predicted molar refractivity (Wildman–Crippen MR) is 73.7 cm³/mol. The SMILES string of the molecule is Cc1noc(CCNS(=O)(=O)c2cc(N)c(F)cc2Cl)n1. The lowest BCUT2D eigenvalue weighted by atomic mass is 10.3. The fourth-order valence-electron chi connectivity index (χ4n) is 1.56. The van der Waals surface area contributed by atoms with Gasteiger partial charge < -0.3 is 10.3 Å². The minimum atomic E-state index is -3.91. The second-order valence-electron chi connectivity index (χ2n) is 4.19. The molecule has 1 aromatic heterocycles. The summed E-state index contributed by atoms with van der Waals surface area (Å²) in [5, 5.41) is 3.34. The van der Waals surface area contributed by atoms with E-state index >= 15 is 0 Å². The minimum absolute atomic E-state index is 0.0254. The molecule has 0 aliphatic heterocycles. The largest absolute Gasteiger partial charge is 0.396 e. The summed E-state index contributed by atoms with van der Waals surface area (Å²) in [6.07, 6.45) is 0.217. The molecular weight excluding hydrogens is 323 g/mol. The molecule has 2 rings (SSSR count). The van der Waals surface area contributed by atoms with E-state index in [4.69, 9.17) is 21.9 Å². The van der Waals surface area contributed by atoms with Crippen LogP contribution in [0, 0.1) is 12.7 Å². The van der Waals surface area contributed by atoms with E-state index in [1.165, 1.54) is 0 Å². The quantitative estimate of drug-likeness (QED) is 0.797. The first-order valence-corrected chi connectivity index (χ1v) is 7.69. The fourth-order valence-corrected chi connectivity index (χ4v) is 3.14. The number of nitrogens with one attached hydrogen (secondary N) is 1. The van der Waals surface area contributed by atoms with Crippen LogP contribution in [0.5, 0.6) is 0 Å². The fraction of sp³-hybridized carbons (Fsp3) is 0.273. The number of hydrogen-bond acceptors (Lipinski definition) is 6. The smallest absolute Gasteiger partial charge is 0.242 e. The first-order valence-electron chi connectivity index (χ1n) is 5.83. The van der Waals surface area contributed by atoms with E-state index in [1.54, 1.807) is 6.92 Å². The number of nitrogens with zero attached hydrogens (tertiary/aromatic N) is 2. The highest BCUT2D eigenvalue weighted by atomic mass is 35.5. The monoisotopic (exact) mass is 334 g/mol. The molecule has 0 bridgehead atoms. The van der Waals surface area contributed by atoms with Gasteiger partial charge in [0.1, 0.15) is 10.7 Å². The minimum Gasteiger partial charge on any atom is -0.396 e. The maximum atomic E-state index is 13.2. The van der Waals surface area contributed by atoms with Gasteiger partial charge in [-0.1, -0.05) is 16.8 Å². The molecule has 0 saturated carbocycles. The molecule has 0 atom stereocenters. The summed E-state index contributed by atoms with van der Waals surface area (Å²) in [7, 11) is -3.91. The Morgan fingerprint density at radius 3 is 2.81 bits per heavy atom. The van der Waals surface area contributed by atoms with E-state index in [9.17, 15) is 12.8 Å². The zero-order chi connectivity index (χ0) is 15.6.